The zero-order valence-corrected chi connectivity index (χ0v) is 21.3. The predicted molar refractivity (Wildman–Crippen MR) is 151 cm³/mol. The molecule has 3 aromatic rings. The van der Waals surface area contributed by atoms with Crippen molar-refractivity contribution in [1.82, 2.24) is 15.2 Å². The van der Waals surface area contributed by atoms with Crippen LogP contribution >= 0.6 is 0 Å². The van der Waals surface area contributed by atoms with Crippen molar-refractivity contribution in [3.8, 4) is 0 Å². The van der Waals surface area contributed by atoms with Crippen molar-refractivity contribution >= 4 is 17.0 Å². The molecule has 0 atom stereocenters. The van der Waals surface area contributed by atoms with Gasteiger partial charge in [0, 0.05) is 38.1 Å². The lowest BCUT2D eigenvalue weighted by atomic mass is 9.88. The van der Waals surface area contributed by atoms with Gasteiger partial charge in [-0.1, -0.05) is 74.2 Å². The normalized spacial score (nSPS) is 12.0. The van der Waals surface area contributed by atoms with Gasteiger partial charge in [-0.2, -0.15) is 0 Å². The van der Waals surface area contributed by atoms with Gasteiger partial charge in [0.05, 0.1) is 0 Å². The number of anilines is 1. The number of pyridine rings is 1. The van der Waals surface area contributed by atoms with E-state index in [0.717, 1.165) is 43.6 Å². The second-order valence-electron chi connectivity index (χ2n) is 8.84. The van der Waals surface area contributed by atoms with E-state index >= 15 is 0 Å². The van der Waals surface area contributed by atoms with E-state index in [1.165, 1.54) is 27.8 Å². The molecular formula is C31H38N4. The number of nitrogen functional groups attached to an aromatic ring is 1. The highest BCUT2D eigenvalue weighted by atomic mass is 15.1. The zero-order valence-electron chi connectivity index (χ0n) is 21.3. The first-order valence-electron chi connectivity index (χ1n) is 12.3. The molecule has 0 spiro atoms. The van der Waals surface area contributed by atoms with E-state index in [1.807, 2.05) is 37.3 Å². The van der Waals surface area contributed by atoms with E-state index in [9.17, 15) is 0 Å². The number of nitrogens with two attached hydrogens (primary N) is 1. The van der Waals surface area contributed by atoms with Crippen molar-refractivity contribution in [3.63, 3.8) is 0 Å². The first-order valence-corrected chi connectivity index (χ1v) is 12.3. The molecule has 0 radical (unpaired) electrons. The summed E-state index contributed by atoms with van der Waals surface area (Å²) in [5.41, 5.74) is 14.3. The van der Waals surface area contributed by atoms with Gasteiger partial charge < -0.3 is 16.0 Å². The molecule has 2 aromatic carbocycles. The minimum atomic E-state index is 0.535. The van der Waals surface area contributed by atoms with Gasteiger partial charge >= 0.3 is 0 Å². The Morgan fingerprint density at radius 3 is 2.31 bits per heavy atom. The summed E-state index contributed by atoms with van der Waals surface area (Å²) in [5, 5.41) is 3.48. The van der Waals surface area contributed by atoms with Gasteiger partial charge in [-0.3, -0.25) is 0 Å². The van der Waals surface area contributed by atoms with Crippen molar-refractivity contribution in [2.45, 2.75) is 26.2 Å². The minimum Gasteiger partial charge on any atom is -0.384 e. The second-order valence-corrected chi connectivity index (χ2v) is 8.84. The Bertz CT molecular complexity index is 1120. The number of hydrogen-bond acceptors (Lipinski definition) is 4. The average molecular weight is 467 g/mol. The Morgan fingerprint density at radius 1 is 0.971 bits per heavy atom. The summed E-state index contributed by atoms with van der Waals surface area (Å²) in [4.78, 5) is 6.38. The van der Waals surface area contributed by atoms with Crippen LogP contribution in [-0.2, 0) is 6.42 Å². The monoisotopic (exact) mass is 466 g/mol. The summed E-state index contributed by atoms with van der Waals surface area (Å²) >= 11 is 0. The number of allylic oxidation sites excluding steroid dienone is 2. The molecule has 0 bridgehead atoms. The molecule has 4 nitrogen and oxygen atoms in total. The number of rotatable bonds is 12. The Labute approximate surface area is 210 Å². The molecule has 0 saturated carbocycles. The maximum Gasteiger partial charge on any atom is 0.123 e. The smallest absolute Gasteiger partial charge is 0.123 e. The molecule has 0 amide bonds. The van der Waals surface area contributed by atoms with Crippen molar-refractivity contribution in [1.29, 1.82) is 0 Å². The van der Waals surface area contributed by atoms with Gasteiger partial charge in [-0.15, -0.1) is 0 Å². The molecule has 0 saturated heterocycles. The number of aryl methyl sites for hydroxylation is 1. The third kappa shape index (κ3) is 7.69. The van der Waals surface area contributed by atoms with Crippen molar-refractivity contribution in [3.05, 3.63) is 120 Å². The van der Waals surface area contributed by atoms with E-state index in [4.69, 9.17) is 5.73 Å². The molecule has 182 valence electrons. The predicted octanol–water partition coefficient (Wildman–Crippen LogP) is 6.19. The van der Waals surface area contributed by atoms with Gasteiger partial charge in [0.2, 0.25) is 0 Å². The summed E-state index contributed by atoms with van der Waals surface area (Å²) in [6, 6.07) is 23.5. The van der Waals surface area contributed by atoms with Crippen LogP contribution in [0, 0.1) is 0 Å². The van der Waals surface area contributed by atoms with Crippen LogP contribution in [0.3, 0.4) is 0 Å². The summed E-state index contributed by atoms with van der Waals surface area (Å²) in [6.45, 7) is 8.05. The first-order chi connectivity index (χ1) is 17.0. The number of hydrogen-bond donors (Lipinski definition) is 2. The van der Waals surface area contributed by atoms with E-state index < -0.39 is 0 Å². The zero-order chi connectivity index (χ0) is 25.0. The average Bonchev–Trinajstić information content (AvgIpc) is 2.88. The van der Waals surface area contributed by atoms with E-state index in [2.05, 4.69) is 90.5 Å². The summed E-state index contributed by atoms with van der Waals surface area (Å²) in [7, 11) is 4.00. The number of nitrogens with zero attached hydrogens (tertiary/aromatic N) is 2. The van der Waals surface area contributed by atoms with Crippen molar-refractivity contribution in [2.75, 3.05) is 32.9 Å². The highest BCUT2D eigenvalue weighted by molar-refractivity contribution is 5.98. The maximum atomic E-state index is 5.87. The molecule has 0 aliphatic carbocycles. The van der Waals surface area contributed by atoms with Crippen LogP contribution < -0.4 is 11.1 Å². The topological polar surface area (TPSA) is 54.2 Å². The fourth-order valence-electron chi connectivity index (χ4n) is 4.02. The summed E-state index contributed by atoms with van der Waals surface area (Å²) in [5.74, 6) is 0.535. The molecule has 0 fully saturated rings. The number of likely N-dealkylation sites (N-methyl/N-ethyl adjacent to an activating group) is 1. The lowest BCUT2D eigenvalue weighted by Gasteiger charge is -2.16. The molecule has 1 heterocycles. The van der Waals surface area contributed by atoms with E-state index in [-0.39, 0.29) is 0 Å². The molecule has 0 unspecified atom stereocenters. The molecule has 35 heavy (non-hydrogen) atoms. The molecule has 3 rings (SSSR count). The van der Waals surface area contributed by atoms with Gasteiger partial charge in [-0.05, 0) is 71.9 Å². The molecule has 1 aromatic heterocycles. The number of benzene rings is 2. The molecule has 0 aliphatic rings. The van der Waals surface area contributed by atoms with Crippen molar-refractivity contribution < 1.29 is 0 Å². The van der Waals surface area contributed by atoms with Crippen LogP contribution in [0.2, 0.25) is 0 Å². The maximum absolute atomic E-state index is 5.87. The fourth-order valence-corrected chi connectivity index (χ4v) is 4.02. The molecule has 4 heteroatoms. The first kappa shape index (κ1) is 26.0. The van der Waals surface area contributed by atoms with Gasteiger partial charge in [0.15, 0.2) is 0 Å². The van der Waals surface area contributed by atoms with E-state index in [0.29, 0.717) is 5.82 Å². The second kappa shape index (κ2) is 13.3. The quantitative estimate of drug-likeness (QED) is 0.190. The summed E-state index contributed by atoms with van der Waals surface area (Å²) < 4.78 is 0. The van der Waals surface area contributed by atoms with Crippen LogP contribution in [0.1, 0.15) is 42.0 Å². The number of nitrogens with one attached hydrogen (secondary N) is 1. The lowest BCUT2D eigenvalue weighted by molar-refractivity contribution is 0.532. The van der Waals surface area contributed by atoms with Crippen molar-refractivity contribution in [2.24, 2.45) is 0 Å². The fraction of sp³-hybridized carbons (Fsp3) is 0.258. The Balaban J connectivity index is 1.71. The Kier molecular flexibility index (Phi) is 9.88. The van der Waals surface area contributed by atoms with Gasteiger partial charge in [0.25, 0.3) is 0 Å². The largest absolute Gasteiger partial charge is 0.384 e. The Hall–Kier alpha value is -3.63. The van der Waals surface area contributed by atoms with Gasteiger partial charge in [-0.25, -0.2) is 4.98 Å². The molecule has 3 N–H and O–H groups in total. The Morgan fingerprint density at radius 2 is 1.69 bits per heavy atom. The van der Waals surface area contributed by atoms with Crippen LogP contribution in [-0.4, -0.2) is 37.1 Å². The lowest BCUT2D eigenvalue weighted by Crippen LogP contribution is -2.16. The standard InChI is InChI=1S/C31H38N4/c1-5-29(26-13-7-6-8-14-26)31(28-19-20-30(32)34-23-28)27-17-15-25(16-18-27)12-10-22-33-21-9-11-24(2)35(3)4/h6-9,11,13-20,23,33H,2,5,10,12,21-22H2,1,3-4H3,(H2,32,34)/b11-9+,31-29+. The minimum absolute atomic E-state index is 0.535. The summed E-state index contributed by atoms with van der Waals surface area (Å²) in [6.07, 6.45) is 9.11. The third-order valence-corrected chi connectivity index (χ3v) is 6.06. The van der Waals surface area contributed by atoms with Crippen LogP contribution in [0.25, 0.3) is 11.1 Å². The van der Waals surface area contributed by atoms with Gasteiger partial charge in [0.1, 0.15) is 5.82 Å². The third-order valence-electron chi connectivity index (χ3n) is 6.06. The highest BCUT2D eigenvalue weighted by Crippen LogP contribution is 2.34. The molecule has 0 aliphatic heterocycles. The number of aromatic nitrogens is 1. The SMILES string of the molecule is C=C(/C=C/CNCCCc1ccc(/C(=C(/CC)c2ccccc2)c2ccc(N)nc2)cc1)N(C)C. The van der Waals surface area contributed by atoms with Crippen LogP contribution in [0.15, 0.2) is 97.4 Å². The van der Waals surface area contributed by atoms with Crippen LogP contribution in [0.4, 0.5) is 5.82 Å². The molecular weight excluding hydrogens is 428 g/mol. The van der Waals surface area contributed by atoms with E-state index in [1.54, 1.807) is 0 Å². The van der Waals surface area contributed by atoms with Crippen LogP contribution in [0.5, 0.6) is 0 Å². The highest BCUT2D eigenvalue weighted by Gasteiger charge is 2.13.